The van der Waals surface area contributed by atoms with Crippen LogP contribution in [0.1, 0.15) is 5.69 Å². The average molecular weight is 243 g/mol. The summed E-state index contributed by atoms with van der Waals surface area (Å²) in [6.45, 7) is 0.482. The summed E-state index contributed by atoms with van der Waals surface area (Å²) in [6.07, 6.45) is 2.91. The predicted molar refractivity (Wildman–Crippen MR) is 59.3 cm³/mol. The standard InChI is InChI=1S/C8H7ClN4OS/c9-6-2-10-4-12-7(6)11-1-5-3-15-8(14)13-5/h2-4H,1H2,(H,13,14)(H,10,11,12). The molecule has 0 aromatic carbocycles. The Hall–Kier alpha value is -1.40. The fourth-order valence-corrected chi connectivity index (χ4v) is 1.78. The summed E-state index contributed by atoms with van der Waals surface area (Å²) in [6, 6.07) is 0. The molecule has 2 aromatic heterocycles. The van der Waals surface area contributed by atoms with Crippen LogP contribution in [0.25, 0.3) is 0 Å². The van der Waals surface area contributed by atoms with Crippen LogP contribution < -0.4 is 10.2 Å². The van der Waals surface area contributed by atoms with Crippen molar-refractivity contribution in [1.29, 1.82) is 0 Å². The molecule has 7 heteroatoms. The summed E-state index contributed by atoms with van der Waals surface area (Å²) in [4.78, 5) is 21.2. The van der Waals surface area contributed by atoms with Gasteiger partial charge in [0.2, 0.25) is 0 Å². The van der Waals surface area contributed by atoms with Crippen molar-refractivity contribution in [2.24, 2.45) is 0 Å². The first kappa shape index (κ1) is 10.1. The fraction of sp³-hybridized carbons (Fsp3) is 0.125. The van der Waals surface area contributed by atoms with Gasteiger partial charge < -0.3 is 10.3 Å². The quantitative estimate of drug-likeness (QED) is 0.856. The van der Waals surface area contributed by atoms with E-state index in [1.807, 2.05) is 0 Å². The zero-order valence-electron chi connectivity index (χ0n) is 7.53. The summed E-state index contributed by atoms with van der Waals surface area (Å²) in [5.74, 6) is 0.554. The molecule has 0 saturated heterocycles. The third-order valence-electron chi connectivity index (χ3n) is 1.68. The van der Waals surface area contributed by atoms with E-state index in [1.165, 1.54) is 12.5 Å². The van der Waals surface area contributed by atoms with Gasteiger partial charge in [-0.25, -0.2) is 9.97 Å². The van der Waals surface area contributed by atoms with Gasteiger partial charge in [0.1, 0.15) is 17.2 Å². The Bertz CT molecular complexity index is 509. The van der Waals surface area contributed by atoms with Crippen LogP contribution in [0.2, 0.25) is 5.02 Å². The van der Waals surface area contributed by atoms with E-state index in [0.29, 0.717) is 17.4 Å². The molecule has 0 radical (unpaired) electrons. The Morgan fingerprint density at radius 1 is 1.60 bits per heavy atom. The molecular formula is C8H7ClN4OS. The van der Waals surface area contributed by atoms with Gasteiger partial charge in [-0.05, 0) is 0 Å². The van der Waals surface area contributed by atoms with Gasteiger partial charge in [0.05, 0.1) is 12.7 Å². The van der Waals surface area contributed by atoms with E-state index >= 15 is 0 Å². The molecule has 2 aromatic rings. The number of anilines is 1. The van der Waals surface area contributed by atoms with Crippen LogP contribution in [-0.2, 0) is 6.54 Å². The van der Waals surface area contributed by atoms with Crippen LogP contribution in [0.4, 0.5) is 5.82 Å². The zero-order chi connectivity index (χ0) is 10.7. The van der Waals surface area contributed by atoms with Gasteiger partial charge in [-0.3, -0.25) is 4.79 Å². The lowest BCUT2D eigenvalue weighted by Gasteiger charge is -2.04. The number of H-pyrrole nitrogens is 1. The lowest BCUT2D eigenvalue weighted by molar-refractivity contribution is 1.03. The smallest absolute Gasteiger partial charge is 0.304 e. The van der Waals surface area contributed by atoms with Gasteiger partial charge in [-0.2, -0.15) is 0 Å². The van der Waals surface area contributed by atoms with Crippen LogP contribution in [-0.4, -0.2) is 15.0 Å². The number of hydrogen-bond acceptors (Lipinski definition) is 5. The van der Waals surface area contributed by atoms with Crippen molar-refractivity contribution in [2.45, 2.75) is 6.54 Å². The minimum Gasteiger partial charge on any atom is -0.363 e. The summed E-state index contributed by atoms with van der Waals surface area (Å²) in [5.41, 5.74) is 0.805. The molecule has 2 heterocycles. The topological polar surface area (TPSA) is 70.7 Å². The SMILES string of the molecule is O=c1[nH]c(CNc2ncncc2Cl)cs1. The van der Waals surface area contributed by atoms with Gasteiger partial charge in [0.25, 0.3) is 0 Å². The van der Waals surface area contributed by atoms with Crippen molar-refractivity contribution in [3.05, 3.63) is 38.3 Å². The van der Waals surface area contributed by atoms with Crippen LogP contribution in [0.5, 0.6) is 0 Å². The maximum Gasteiger partial charge on any atom is 0.304 e. The lowest BCUT2D eigenvalue weighted by Crippen LogP contribution is -2.04. The minimum atomic E-state index is -0.0689. The highest BCUT2D eigenvalue weighted by molar-refractivity contribution is 7.07. The van der Waals surface area contributed by atoms with Gasteiger partial charge in [0, 0.05) is 11.1 Å². The molecule has 15 heavy (non-hydrogen) atoms. The van der Waals surface area contributed by atoms with Crippen molar-refractivity contribution in [3.63, 3.8) is 0 Å². The van der Waals surface area contributed by atoms with Crippen molar-refractivity contribution in [1.82, 2.24) is 15.0 Å². The predicted octanol–water partition coefficient (Wildman–Crippen LogP) is 1.49. The number of aromatic nitrogens is 3. The molecule has 0 spiro atoms. The van der Waals surface area contributed by atoms with Gasteiger partial charge in [0.15, 0.2) is 0 Å². The molecule has 78 valence electrons. The van der Waals surface area contributed by atoms with E-state index in [0.717, 1.165) is 17.0 Å². The van der Waals surface area contributed by atoms with Crippen molar-refractivity contribution in [3.8, 4) is 0 Å². The van der Waals surface area contributed by atoms with E-state index in [-0.39, 0.29) is 4.87 Å². The molecule has 5 nitrogen and oxygen atoms in total. The van der Waals surface area contributed by atoms with Crippen molar-refractivity contribution >= 4 is 28.8 Å². The number of rotatable bonds is 3. The number of thiazole rings is 1. The number of nitrogens with zero attached hydrogens (tertiary/aromatic N) is 2. The van der Waals surface area contributed by atoms with E-state index < -0.39 is 0 Å². The molecule has 0 aliphatic heterocycles. The minimum absolute atomic E-state index is 0.0689. The fourth-order valence-electron chi connectivity index (χ4n) is 1.02. The second kappa shape index (κ2) is 4.41. The van der Waals surface area contributed by atoms with Gasteiger partial charge in [-0.1, -0.05) is 22.9 Å². The van der Waals surface area contributed by atoms with E-state index in [2.05, 4.69) is 20.3 Å². The Morgan fingerprint density at radius 2 is 2.47 bits per heavy atom. The molecule has 2 N–H and O–H groups in total. The van der Waals surface area contributed by atoms with Crippen molar-refractivity contribution in [2.75, 3.05) is 5.32 Å². The third kappa shape index (κ3) is 2.54. The van der Waals surface area contributed by atoms with Crippen molar-refractivity contribution < 1.29 is 0 Å². The maximum atomic E-state index is 10.9. The number of aromatic amines is 1. The molecule has 2 rings (SSSR count). The van der Waals surface area contributed by atoms with Gasteiger partial charge >= 0.3 is 4.87 Å². The largest absolute Gasteiger partial charge is 0.363 e. The molecule has 0 amide bonds. The van der Waals surface area contributed by atoms with Crippen LogP contribution in [0.3, 0.4) is 0 Å². The second-order valence-electron chi connectivity index (χ2n) is 2.75. The van der Waals surface area contributed by atoms with E-state index in [9.17, 15) is 4.79 Å². The number of hydrogen-bond donors (Lipinski definition) is 2. The zero-order valence-corrected chi connectivity index (χ0v) is 9.10. The highest BCUT2D eigenvalue weighted by Crippen LogP contribution is 2.16. The highest BCUT2D eigenvalue weighted by Gasteiger charge is 2.01. The first-order valence-electron chi connectivity index (χ1n) is 4.12. The molecule has 0 aliphatic carbocycles. The number of nitrogens with one attached hydrogen (secondary N) is 2. The number of halogens is 1. The average Bonchev–Trinajstić information content (AvgIpc) is 2.63. The third-order valence-corrected chi connectivity index (χ3v) is 2.68. The monoisotopic (exact) mass is 242 g/mol. The Kier molecular flexibility index (Phi) is 2.98. The molecule has 0 bridgehead atoms. The Labute approximate surface area is 94.2 Å². The van der Waals surface area contributed by atoms with Crippen LogP contribution in [0, 0.1) is 0 Å². The summed E-state index contributed by atoms with van der Waals surface area (Å²) in [5, 5.41) is 5.20. The summed E-state index contributed by atoms with van der Waals surface area (Å²) >= 11 is 6.97. The first-order chi connectivity index (χ1) is 7.25. The van der Waals surface area contributed by atoms with E-state index in [1.54, 1.807) is 5.38 Å². The molecule has 0 atom stereocenters. The molecule has 0 fully saturated rings. The van der Waals surface area contributed by atoms with Gasteiger partial charge in [-0.15, -0.1) is 0 Å². The first-order valence-corrected chi connectivity index (χ1v) is 5.37. The Balaban J connectivity index is 2.05. The van der Waals surface area contributed by atoms with E-state index in [4.69, 9.17) is 11.6 Å². The van der Waals surface area contributed by atoms with Crippen LogP contribution in [0.15, 0.2) is 22.7 Å². The van der Waals surface area contributed by atoms with Crippen LogP contribution >= 0.6 is 22.9 Å². The molecule has 0 saturated carbocycles. The molecular weight excluding hydrogens is 236 g/mol. The summed E-state index contributed by atoms with van der Waals surface area (Å²) < 4.78 is 0. The molecule has 0 unspecified atom stereocenters. The maximum absolute atomic E-state index is 10.9. The normalized spacial score (nSPS) is 10.2. The lowest BCUT2D eigenvalue weighted by atomic mass is 10.4. The second-order valence-corrected chi connectivity index (χ2v) is 4.00. The Morgan fingerprint density at radius 3 is 3.13 bits per heavy atom. The summed E-state index contributed by atoms with van der Waals surface area (Å²) in [7, 11) is 0. The highest BCUT2D eigenvalue weighted by atomic mass is 35.5. The molecule has 0 aliphatic rings.